The van der Waals surface area contributed by atoms with Crippen LogP contribution in [0.4, 0.5) is 0 Å². The second kappa shape index (κ2) is 4.35. The van der Waals surface area contributed by atoms with Gasteiger partial charge < -0.3 is 9.30 Å². The maximum absolute atomic E-state index is 10.5. The first-order valence-electron chi connectivity index (χ1n) is 2.32. The second-order valence-corrected chi connectivity index (χ2v) is 3.40. The van der Waals surface area contributed by atoms with Crippen LogP contribution in [0.5, 0.6) is 0 Å². The van der Waals surface area contributed by atoms with Crippen LogP contribution in [0.25, 0.3) is 0 Å². The van der Waals surface area contributed by atoms with Gasteiger partial charge in [-0.2, -0.15) is 0 Å². The third-order valence-electron chi connectivity index (χ3n) is 0.700. The van der Waals surface area contributed by atoms with Crippen LogP contribution in [0.3, 0.4) is 0 Å². The van der Waals surface area contributed by atoms with Gasteiger partial charge in [0, 0.05) is 7.11 Å². The largest absolute Gasteiger partial charge is 0.377 e. The summed E-state index contributed by atoms with van der Waals surface area (Å²) < 4.78 is 15.1. The molecule has 0 N–H and O–H groups in total. The van der Waals surface area contributed by atoms with Crippen molar-refractivity contribution in [1.29, 1.82) is 0 Å². The molecule has 1 atom stereocenters. The van der Waals surface area contributed by atoms with E-state index in [1.807, 2.05) is 6.92 Å². The Labute approximate surface area is 44.7 Å². The average molecular weight is 122 g/mol. The van der Waals surface area contributed by atoms with Crippen molar-refractivity contribution in [3.63, 3.8) is 0 Å². The van der Waals surface area contributed by atoms with Crippen molar-refractivity contribution < 1.29 is 9.30 Å². The summed E-state index contributed by atoms with van der Waals surface area (Å²) in [7, 11) is 0.216. The Hall–Kier alpha value is 0.190. The van der Waals surface area contributed by atoms with Crippen LogP contribution in [0.2, 0.25) is 0 Å². The first-order chi connectivity index (χ1) is 3.31. The third kappa shape index (κ3) is 4.03. The molecule has 0 bridgehead atoms. The highest BCUT2D eigenvalue weighted by molar-refractivity contribution is 7.44. The van der Waals surface area contributed by atoms with Gasteiger partial charge in [0.2, 0.25) is 0 Å². The maximum atomic E-state index is 10.5. The highest BCUT2D eigenvalue weighted by Gasteiger charge is 1.89. The maximum Gasteiger partial charge on any atom is 0.100 e. The van der Waals surface area contributed by atoms with Crippen molar-refractivity contribution in [2.45, 2.75) is 6.92 Å². The van der Waals surface area contributed by atoms with Gasteiger partial charge in [-0.1, -0.05) is 6.92 Å². The predicted octanol–water partition coefficient (Wildman–Crippen LogP) is 1.17. The van der Waals surface area contributed by atoms with Crippen molar-refractivity contribution in [1.82, 2.24) is 0 Å². The molecule has 3 heteroatoms. The topological polar surface area (TPSA) is 26.3 Å². The van der Waals surface area contributed by atoms with E-state index in [9.17, 15) is 4.57 Å². The summed E-state index contributed by atoms with van der Waals surface area (Å²) in [6.45, 7) is 1.90. The number of methoxy groups -OCH3 is 1. The minimum Gasteiger partial charge on any atom is -0.377 e. The summed E-state index contributed by atoms with van der Waals surface area (Å²) in [5.41, 5.74) is 0. The first-order valence-corrected chi connectivity index (χ1v) is 4.14. The lowest BCUT2D eigenvalue weighted by Crippen LogP contribution is -1.80. The molecule has 0 aliphatic carbocycles. The molecule has 0 aliphatic heterocycles. The molecule has 0 fully saturated rings. The summed E-state index contributed by atoms with van der Waals surface area (Å²) in [5, 5.41) is 0. The minimum absolute atomic E-state index is 0.446. The molecule has 0 rings (SSSR count). The molecule has 0 heterocycles. The Morgan fingerprint density at radius 3 is 2.43 bits per heavy atom. The van der Waals surface area contributed by atoms with E-state index >= 15 is 0 Å². The van der Waals surface area contributed by atoms with Crippen molar-refractivity contribution in [2.24, 2.45) is 0 Å². The predicted molar refractivity (Wildman–Crippen MR) is 31.4 cm³/mol. The standard InChI is InChI=1S/C4H11O2P/c1-3-7(5)4-6-2/h7H,3-4H2,1-2H3. The van der Waals surface area contributed by atoms with E-state index in [1.165, 1.54) is 0 Å². The minimum atomic E-state index is -1.35. The molecule has 0 aromatic heterocycles. The molecule has 7 heavy (non-hydrogen) atoms. The normalized spacial score (nSPS) is 14.0. The van der Waals surface area contributed by atoms with Crippen LogP contribution in [-0.2, 0) is 9.30 Å². The fourth-order valence-corrected chi connectivity index (χ4v) is 0.789. The van der Waals surface area contributed by atoms with Crippen molar-refractivity contribution >= 4 is 7.80 Å². The van der Waals surface area contributed by atoms with E-state index in [2.05, 4.69) is 4.74 Å². The molecule has 0 saturated carbocycles. The van der Waals surface area contributed by atoms with Crippen molar-refractivity contribution in [3.8, 4) is 0 Å². The summed E-state index contributed by atoms with van der Waals surface area (Å²) in [5.74, 6) is 0. The van der Waals surface area contributed by atoms with Crippen LogP contribution in [0.15, 0.2) is 0 Å². The number of rotatable bonds is 3. The summed E-state index contributed by atoms with van der Waals surface area (Å²) in [4.78, 5) is 0. The summed E-state index contributed by atoms with van der Waals surface area (Å²) in [6, 6.07) is 0. The molecule has 0 aromatic carbocycles. The lowest BCUT2D eigenvalue weighted by molar-refractivity contribution is 0.251. The third-order valence-corrected chi connectivity index (χ3v) is 2.10. The van der Waals surface area contributed by atoms with E-state index in [0.29, 0.717) is 6.35 Å². The zero-order chi connectivity index (χ0) is 5.70. The Balaban J connectivity index is 3.00. The quantitative estimate of drug-likeness (QED) is 0.525. The van der Waals surface area contributed by atoms with Gasteiger partial charge in [0.05, 0.1) is 6.35 Å². The Bertz CT molecular complexity index is 62.7. The lowest BCUT2D eigenvalue weighted by atomic mass is 11.0. The molecule has 0 saturated heterocycles. The molecule has 0 aromatic rings. The Morgan fingerprint density at radius 2 is 2.29 bits per heavy atom. The van der Waals surface area contributed by atoms with Gasteiger partial charge >= 0.3 is 0 Å². The fraction of sp³-hybridized carbons (Fsp3) is 1.00. The first kappa shape index (κ1) is 7.19. The lowest BCUT2D eigenvalue weighted by Gasteiger charge is -1.91. The average Bonchev–Trinajstić information content (AvgIpc) is 1.68. The zero-order valence-electron chi connectivity index (χ0n) is 4.73. The van der Waals surface area contributed by atoms with E-state index in [0.717, 1.165) is 6.16 Å². The Morgan fingerprint density at radius 1 is 1.71 bits per heavy atom. The summed E-state index contributed by atoms with van der Waals surface area (Å²) in [6.07, 6.45) is 1.21. The van der Waals surface area contributed by atoms with Gasteiger partial charge in [0.15, 0.2) is 0 Å². The van der Waals surface area contributed by atoms with Gasteiger partial charge in [-0.3, -0.25) is 0 Å². The van der Waals surface area contributed by atoms with Crippen LogP contribution in [-0.4, -0.2) is 19.6 Å². The van der Waals surface area contributed by atoms with E-state index < -0.39 is 7.80 Å². The van der Waals surface area contributed by atoms with E-state index in [4.69, 9.17) is 0 Å². The molecular formula is C4H11O2P. The smallest absolute Gasteiger partial charge is 0.100 e. The Kier molecular flexibility index (Phi) is 4.47. The monoisotopic (exact) mass is 122 g/mol. The summed E-state index contributed by atoms with van der Waals surface area (Å²) >= 11 is 0. The van der Waals surface area contributed by atoms with Gasteiger partial charge in [-0.05, 0) is 6.16 Å². The van der Waals surface area contributed by atoms with Crippen LogP contribution in [0.1, 0.15) is 6.92 Å². The molecule has 44 valence electrons. The van der Waals surface area contributed by atoms with Crippen LogP contribution in [0, 0.1) is 0 Å². The van der Waals surface area contributed by atoms with Gasteiger partial charge in [0.25, 0.3) is 0 Å². The van der Waals surface area contributed by atoms with Crippen molar-refractivity contribution in [2.75, 3.05) is 19.6 Å². The van der Waals surface area contributed by atoms with E-state index in [-0.39, 0.29) is 0 Å². The van der Waals surface area contributed by atoms with Gasteiger partial charge in [-0.25, -0.2) is 0 Å². The SMILES string of the molecule is CC[PH](=O)COC. The molecular weight excluding hydrogens is 111 g/mol. The van der Waals surface area contributed by atoms with E-state index in [1.54, 1.807) is 7.11 Å². The highest BCUT2D eigenvalue weighted by atomic mass is 31.1. The molecule has 2 nitrogen and oxygen atoms in total. The zero-order valence-corrected chi connectivity index (χ0v) is 5.73. The highest BCUT2D eigenvalue weighted by Crippen LogP contribution is 2.17. The number of ether oxygens (including phenoxy) is 1. The van der Waals surface area contributed by atoms with Crippen LogP contribution < -0.4 is 0 Å². The second-order valence-electron chi connectivity index (χ2n) is 1.33. The molecule has 0 radical (unpaired) electrons. The molecule has 0 aliphatic rings. The van der Waals surface area contributed by atoms with Gasteiger partial charge in [-0.15, -0.1) is 0 Å². The van der Waals surface area contributed by atoms with Crippen LogP contribution >= 0.6 is 7.80 Å². The molecule has 1 unspecified atom stereocenters. The molecule has 0 spiro atoms. The molecule has 0 amide bonds. The number of hydrogen-bond donors (Lipinski definition) is 0. The number of hydrogen-bond acceptors (Lipinski definition) is 2. The van der Waals surface area contributed by atoms with Gasteiger partial charge in [0.1, 0.15) is 7.80 Å². The van der Waals surface area contributed by atoms with Crippen molar-refractivity contribution in [3.05, 3.63) is 0 Å². The fourth-order valence-electron chi connectivity index (χ4n) is 0.263.